The Labute approximate surface area is 200 Å². The molecule has 1 unspecified atom stereocenters. The smallest absolute Gasteiger partial charge is 0.183 e. The highest BCUT2D eigenvalue weighted by Crippen LogP contribution is 2.32. The van der Waals surface area contributed by atoms with Crippen LogP contribution in [-0.4, -0.2) is 52.0 Å². The van der Waals surface area contributed by atoms with Crippen molar-refractivity contribution in [3.05, 3.63) is 24.8 Å². The second-order valence-electron chi connectivity index (χ2n) is 11.3. The molecule has 4 rings (SSSR count). The molecule has 0 amide bonds. The molecule has 4 aromatic rings. The van der Waals surface area contributed by atoms with Crippen molar-refractivity contribution in [2.45, 2.75) is 73.9 Å². The summed E-state index contributed by atoms with van der Waals surface area (Å²) >= 11 is 0. The average Bonchev–Trinajstić information content (AvgIpc) is 3.37. The number of anilines is 2. The van der Waals surface area contributed by atoms with Gasteiger partial charge >= 0.3 is 0 Å². The summed E-state index contributed by atoms with van der Waals surface area (Å²) in [5, 5.41) is 7.18. The summed E-state index contributed by atoms with van der Waals surface area (Å²) in [5.41, 5.74) is 3.05. The Morgan fingerprint density at radius 1 is 0.794 bits per heavy atom. The second kappa shape index (κ2) is 8.81. The number of H-pyrrole nitrogens is 2. The minimum atomic E-state index is -0.0304. The molecule has 0 saturated carbocycles. The monoisotopic (exact) mass is 464 g/mol. The molecular formula is C24H36N10. The maximum atomic E-state index is 4.78. The summed E-state index contributed by atoms with van der Waals surface area (Å²) in [7, 11) is 0. The van der Waals surface area contributed by atoms with Gasteiger partial charge in [0.15, 0.2) is 22.9 Å². The third kappa shape index (κ3) is 4.95. The van der Waals surface area contributed by atoms with Crippen LogP contribution in [0.25, 0.3) is 22.3 Å². The number of nitrogens with one attached hydrogen (secondary N) is 4. The number of imidazole rings is 2. The van der Waals surface area contributed by atoms with Gasteiger partial charge < -0.3 is 20.6 Å². The van der Waals surface area contributed by atoms with Crippen LogP contribution < -0.4 is 10.6 Å². The van der Waals surface area contributed by atoms with Crippen LogP contribution in [0, 0.1) is 16.7 Å². The van der Waals surface area contributed by atoms with Crippen LogP contribution in [0.1, 0.15) is 61.2 Å². The Morgan fingerprint density at radius 3 is 2.09 bits per heavy atom. The highest BCUT2D eigenvalue weighted by atomic mass is 15.1. The molecule has 0 bridgehead atoms. The van der Waals surface area contributed by atoms with Gasteiger partial charge in [-0.3, -0.25) is 0 Å². The lowest BCUT2D eigenvalue weighted by molar-refractivity contribution is 0.265. The van der Waals surface area contributed by atoms with E-state index < -0.39 is 0 Å². The average molecular weight is 465 g/mol. The number of rotatable bonds is 7. The second-order valence-corrected chi connectivity index (χ2v) is 11.3. The molecule has 34 heavy (non-hydrogen) atoms. The fourth-order valence-electron chi connectivity index (χ4n) is 4.16. The third-order valence-electron chi connectivity index (χ3n) is 6.52. The molecule has 0 aliphatic heterocycles. The van der Waals surface area contributed by atoms with Crippen LogP contribution in [0.15, 0.2) is 19.0 Å². The van der Waals surface area contributed by atoms with Crippen molar-refractivity contribution in [1.29, 1.82) is 0 Å². The van der Waals surface area contributed by atoms with Gasteiger partial charge in [0.25, 0.3) is 0 Å². The van der Waals surface area contributed by atoms with Gasteiger partial charge in [-0.1, -0.05) is 48.5 Å². The lowest BCUT2D eigenvalue weighted by Gasteiger charge is -2.36. The molecule has 4 aromatic heterocycles. The maximum Gasteiger partial charge on any atom is 0.183 e. The van der Waals surface area contributed by atoms with Crippen LogP contribution in [0.4, 0.5) is 11.6 Å². The first kappa shape index (κ1) is 23.8. The van der Waals surface area contributed by atoms with Gasteiger partial charge in [-0.15, -0.1) is 0 Å². The van der Waals surface area contributed by atoms with Crippen LogP contribution in [-0.2, 0) is 6.42 Å². The Kier molecular flexibility index (Phi) is 6.18. The molecular weight excluding hydrogens is 428 g/mol. The summed E-state index contributed by atoms with van der Waals surface area (Å²) in [6, 6.07) is 0.352. The van der Waals surface area contributed by atoms with Crippen molar-refractivity contribution in [2.24, 2.45) is 16.7 Å². The Bertz CT molecular complexity index is 1260. The van der Waals surface area contributed by atoms with Gasteiger partial charge in [-0.2, -0.15) is 0 Å². The van der Waals surface area contributed by atoms with E-state index >= 15 is 0 Å². The number of hydrogen-bond acceptors (Lipinski definition) is 8. The fourth-order valence-corrected chi connectivity index (χ4v) is 4.16. The first-order chi connectivity index (χ1) is 15.9. The molecule has 0 saturated heterocycles. The SMILES string of the molecule is CC(Cc1nc2ncnc(N[C@H](C)C(C)(C)C)c2[nH]1)[C@@H](Nc1ncnc2nc[nH]c12)C(C)(C)C. The van der Waals surface area contributed by atoms with Gasteiger partial charge in [0, 0.05) is 18.5 Å². The molecule has 0 radical (unpaired) electrons. The molecule has 3 atom stereocenters. The van der Waals surface area contributed by atoms with E-state index in [4.69, 9.17) is 4.98 Å². The molecule has 0 aromatic carbocycles. The topological polar surface area (TPSA) is 133 Å². The van der Waals surface area contributed by atoms with Crippen molar-refractivity contribution < 1.29 is 0 Å². The van der Waals surface area contributed by atoms with Gasteiger partial charge in [0.05, 0.1) is 6.33 Å². The Hall–Kier alpha value is -3.30. The van der Waals surface area contributed by atoms with E-state index in [9.17, 15) is 0 Å². The van der Waals surface area contributed by atoms with Crippen molar-refractivity contribution in [3.8, 4) is 0 Å². The molecule has 0 aliphatic rings. The lowest BCUT2D eigenvalue weighted by Crippen LogP contribution is -2.40. The third-order valence-corrected chi connectivity index (χ3v) is 6.52. The quantitative estimate of drug-likeness (QED) is 0.312. The van der Waals surface area contributed by atoms with E-state index in [2.05, 4.69) is 101 Å². The Morgan fingerprint density at radius 2 is 1.44 bits per heavy atom. The molecule has 10 heteroatoms. The van der Waals surface area contributed by atoms with E-state index in [1.807, 2.05) is 0 Å². The summed E-state index contributed by atoms with van der Waals surface area (Å²) in [4.78, 5) is 33.2. The molecule has 0 aliphatic carbocycles. The number of nitrogens with zero attached hydrogens (tertiary/aromatic N) is 6. The van der Waals surface area contributed by atoms with E-state index in [0.29, 0.717) is 11.3 Å². The zero-order valence-corrected chi connectivity index (χ0v) is 21.4. The van der Waals surface area contributed by atoms with E-state index in [1.165, 1.54) is 0 Å². The number of aromatic nitrogens is 8. The number of hydrogen-bond donors (Lipinski definition) is 4. The normalized spacial score (nSPS) is 15.4. The van der Waals surface area contributed by atoms with Crippen LogP contribution in [0.5, 0.6) is 0 Å². The molecule has 0 spiro atoms. The van der Waals surface area contributed by atoms with Crippen molar-refractivity contribution in [2.75, 3.05) is 10.6 Å². The first-order valence-electron chi connectivity index (χ1n) is 11.8. The fraction of sp³-hybridized carbons (Fsp3) is 0.583. The van der Waals surface area contributed by atoms with Crippen molar-refractivity contribution in [1.82, 2.24) is 39.9 Å². The minimum absolute atomic E-state index is 0.0304. The maximum absolute atomic E-state index is 4.78. The molecule has 0 fully saturated rings. The largest absolute Gasteiger partial charge is 0.365 e. The lowest BCUT2D eigenvalue weighted by atomic mass is 9.78. The summed E-state index contributed by atoms with van der Waals surface area (Å²) < 4.78 is 0. The first-order valence-corrected chi connectivity index (χ1v) is 11.8. The van der Waals surface area contributed by atoms with Crippen LogP contribution >= 0.6 is 0 Å². The predicted molar refractivity (Wildman–Crippen MR) is 136 cm³/mol. The molecule has 4 N–H and O–H groups in total. The van der Waals surface area contributed by atoms with Gasteiger partial charge in [0.1, 0.15) is 29.5 Å². The van der Waals surface area contributed by atoms with E-state index in [1.54, 1.807) is 19.0 Å². The standard InChI is InChI=1S/C24H36N10/c1-13(18(24(6,7)8)34-20-16-19(26-10-25-16)27-11-28-20)9-15-32-17-21(29-12-30-22(17)33-15)31-14(2)23(3,4)5/h10-14,18H,9H2,1-8H3,(H2,25,26,27,28,34)(H2,29,30,31,32,33)/t13?,14-,18-/m1/s1. The highest BCUT2D eigenvalue weighted by Gasteiger charge is 2.31. The van der Waals surface area contributed by atoms with Crippen molar-refractivity contribution in [3.63, 3.8) is 0 Å². The van der Waals surface area contributed by atoms with E-state index in [0.717, 1.165) is 34.9 Å². The highest BCUT2D eigenvalue weighted by molar-refractivity contribution is 5.83. The van der Waals surface area contributed by atoms with Gasteiger partial charge in [0.2, 0.25) is 0 Å². The summed E-state index contributed by atoms with van der Waals surface area (Å²) in [6.07, 6.45) is 5.50. The summed E-state index contributed by atoms with van der Waals surface area (Å²) in [6.45, 7) is 17.7. The van der Waals surface area contributed by atoms with E-state index in [-0.39, 0.29) is 28.8 Å². The molecule has 10 nitrogen and oxygen atoms in total. The molecule has 182 valence electrons. The number of fused-ring (bicyclic) bond motifs is 2. The van der Waals surface area contributed by atoms with Crippen LogP contribution in [0.2, 0.25) is 0 Å². The van der Waals surface area contributed by atoms with Crippen LogP contribution in [0.3, 0.4) is 0 Å². The zero-order valence-electron chi connectivity index (χ0n) is 21.4. The summed E-state index contributed by atoms with van der Waals surface area (Å²) in [5.74, 6) is 2.67. The van der Waals surface area contributed by atoms with Gasteiger partial charge in [-0.25, -0.2) is 29.9 Å². The Balaban J connectivity index is 1.58. The molecule has 4 heterocycles. The minimum Gasteiger partial charge on any atom is -0.365 e. The number of aromatic amines is 2. The zero-order chi connectivity index (χ0) is 24.7. The van der Waals surface area contributed by atoms with Gasteiger partial charge in [-0.05, 0) is 23.7 Å². The van der Waals surface area contributed by atoms with Crippen molar-refractivity contribution >= 4 is 34.0 Å². The predicted octanol–water partition coefficient (Wildman–Crippen LogP) is 4.57.